The van der Waals surface area contributed by atoms with Gasteiger partial charge in [-0.2, -0.15) is 0 Å². The molecule has 2 N–H and O–H groups in total. The molecule has 5 aromatic rings. The maximum atomic E-state index is 11.0. The Morgan fingerprint density at radius 1 is 0.914 bits per heavy atom. The second-order valence-corrected chi connectivity index (χ2v) is 8.91. The van der Waals surface area contributed by atoms with E-state index in [0.717, 1.165) is 64.9 Å². The summed E-state index contributed by atoms with van der Waals surface area (Å²) in [5.41, 5.74) is 6.26. The average molecular weight is 464 g/mol. The first-order valence-electron chi connectivity index (χ1n) is 11.8. The Kier molecular flexibility index (Phi) is 5.29. The molecule has 7 nitrogen and oxygen atoms in total. The smallest absolute Gasteiger partial charge is 0.404 e. The van der Waals surface area contributed by atoms with Crippen molar-refractivity contribution in [3.63, 3.8) is 0 Å². The molecule has 1 aliphatic heterocycles. The van der Waals surface area contributed by atoms with Gasteiger partial charge < -0.3 is 15.3 Å². The molecule has 1 amide bonds. The van der Waals surface area contributed by atoms with Crippen LogP contribution in [0, 0.1) is 0 Å². The van der Waals surface area contributed by atoms with E-state index in [4.69, 9.17) is 10.1 Å². The maximum Gasteiger partial charge on any atom is 0.404 e. The summed E-state index contributed by atoms with van der Waals surface area (Å²) >= 11 is 0. The van der Waals surface area contributed by atoms with Gasteiger partial charge in [0.15, 0.2) is 0 Å². The Hall–Kier alpha value is -4.39. The summed E-state index contributed by atoms with van der Waals surface area (Å²) < 4.78 is 2.03. The maximum absolute atomic E-state index is 11.0. The van der Waals surface area contributed by atoms with Gasteiger partial charge in [0.2, 0.25) is 0 Å². The number of carboxylic acid groups (broad SMARTS) is 1. The molecule has 0 aliphatic carbocycles. The minimum atomic E-state index is -0.955. The molecule has 0 saturated carbocycles. The van der Waals surface area contributed by atoms with Crippen LogP contribution in [0.5, 0.6) is 0 Å². The lowest BCUT2D eigenvalue weighted by Gasteiger charge is -2.33. The van der Waals surface area contributed by atoms with E-state index in [9.17, 15) is 4.79 Å². The molecular weight excluding hydrogens is 438 g/mol. The number of amides is 1. The predicted molar refractivity (Wildman–Crippen MR) is 138 cm³/mol. The number of rotatable bonds is 4. The zero-order chi connectivity index (χ0) is 23.8. The van der Waals surface area contributed by atoms with Gasteiger partial charge in [-0.15, -0.1) is 0 Å². The van der Waals surface area contributed by atoms with Crippen molar-refractivity contribution in [3.8, 4) is 16.9 Å². The molecule has 0 spiro atoms. The molecular formula is C28H25N5O2. The Bertz CT molecular complexity index is 1520. The van der Waals surface area contributed by atoms with E-state index in [1.54, 1.807) is 0 Å². The average Bonchev–Trinajstić information content (AvgIpc) is 3.32. The van der Waals surface area contributed by atoms with Crippen molar-refractivity contribution in [3.05, 3.63) is 85.2 Å². The molecule has 0 unspecified atom stereocenters. The van der Waals surface area contributed by atoms with Crippen LogP contribution in [0.3, 0.4) is 0 Å². The number of nitrogens with zero attached hydrogens (tertiary/aromatic N) is 4. The molecule has 1 fully saturated rings. The lowest BCUT2D eigenvalue weighted by molar-refractivity contribution is 0.187. The van der Waals surface area contributed by atoms with Gasteiger partial charge in [-0.25, -0.2) is 14.8 Å². The third-order valence-corrected chi connectivity index (χ3v) is 6.75. The van der Waals surface area contributed by atoms with Crippen LogP contribution >= 0.6 is 0 Å². The Morgan fingerprint density at radius 3 is 2.54 bits per heavy atom. The largest absolute Gasteiger partial charge is 0.465 e. The van der Waals surface area contributed by atoms with Gasteiger partial charge >= 0.3 is 6.09 Å². The highest BCUT2D eigenvalue weighted by Crippen LogP contribution is 2.30. The third-order valence-electron chi connectivity index (χ3n) is 6.75. The first-order chi connectivity index (χ1) is 17.2. The first-order valence-corrected chi connectivity index (χ1v) is 11.8. The molecule has 0 bridgehead atoms. The lowest BCUT2D eigenvalue weighted by Crippen LogP contribution is -2.44. The van der Waals surface area contributed by atoms with E-state index in [0.29, 0.717) is 0 Å². The minimum Gasteiger partial charge on any atom is -0.465 e. The van der Waals surface area contributed by atoms with E-state index < -0.39 is 6.09 Å². The number of hydrogen-bond donors (Lipinski definition) is 2. The van der Waals surface area contributed by atoms with Crippen molar-refractivity contribution in [1.29, 1.82) is 0 Å². The number of aromatic nitrogens is 3. The molecule has 3 aromatic carbocycles. The molecule has 3 heterocycles. The van der Waals surface area contributed by atoms with Crippen LogP contribution in [0.25, 0.3) is 38.9 Å². The van der Waals surface area contributed by atoms with Crippen LogP contribution in [0.1, 0.15) is 12.8 Å². The first kappa shape index (κ1) is 21.2. The van der Waals surface area contributed by atoms with E-state index in [2.05, 4.69) is 69.8 Å². The standard InChI is InChI=1S/C28H25N5O2/c34-28(35)30-22-13-15-32(16-14-22)25-8-4-7-20-10-12-26(31-27(20)25)33-18-29-23-17-21(9-11-24(23)33)19-5-2-1-3-6-19/h1-12,17-18,22,30H,13-16H2,(H,34,35). The van der Waals surface area contributed by atoms with Gasteiger partial charge in [0, 0.05) is 24.5 Å². The van der Waals surface area contributed by atoms with Gasteiger partial charge in [0.1, 0.15) is 12.1 Å². The van der Waals surface area contributed by atoms with E-state index in [-0.39, 0.29) is 6.04 Å². The quantitative estimate of drug-likeness (QED) is 0.369. The van der Waals surface area contributed by atoms with E-state index in [1.165, 1.54) is 5.56 Å². The fraction of sp³-hybridized carbons (Fsp3) is 0.179. The van der Waals surface area contributed by atoms with Crippen molar-refractivity contribution in [1.82, 2.24) is 19.9 Å². The predicted octanol–water partition coefficient (Wildman–Crippen LogP) is 5.48. The zero-order valence-corrected chi connectivity index (χ0v) is 19.1. The number of imidazole rings is 1. The van der Waals surface area contributed by atoms with Crippen LogP contribution in [0.4, 0.5) is 10.5 Å². The van der Waals surface area contributed by atoms with Crippen molar-refractivity contribution in [2.24, 2.45) is 0 Å². The molecule has 1 saturated heterocycles. The Labute approximate surface area is 202 Å². The molecule has 7 heteroatoms. The Balaban J connectivity index is 1.34. The number of para-hydroxylation sites is 1. The van der Waals surface area contributed by atoms with Crippen LogP contribution < -0.4 is 10.2 Å². The molecule has 6 rings (SSSR count). The molecule has 35 heavy (non-hydrogen) atoms. The summed E-state index contributed by atoms with van der Waals surface area (Å²) in [6.45, 7) is 1.57. The highest BCUT2D eigenvalue weighted by molar-refractivity contribution is 5.92. The SMILES string of the molecule is O=C(O)NC1CCN(c2cccc3ccc(-n4cnc5cc(-c6ccccc6)ccc54)nc23)CC1. The van der Waals surface area contributed by atoms with Crippen molar-refractivity contribution in [2.75, 3.05) is 18.0 Å². The summed E-state index contributed by atoms with van der Waals surface area (Å²) in [6.07, 6.45) is 2.43. The van der Waals surface area contributed by atoms with Crippen molar-refractivity contribution < 1.29 is 9.90 Å². The van der Waals surface area contributed by atoms with Gasteiger partial charge in [-0.1, -0.05) is 48.5 Å². The number of hydrogen-bond acceptors (Lipinski definition) is 4. The summed E-state index contributed by atoms with van der Waals surface area (Å²) in [4.78, 5) is 23.0. The molecule has 0 atom stereocenters. The summed E-state index contributed by atoms with van der Waals surface area (Å²) in [7, 11) is 0. The Morgan fingerprint density at radius 2 is 1.74 bits per heavy atom. The topological polar surface area (TPSA) is 83.3 Å². The second-order valence-electron chi connectivity index (χ2n) is 8.91. The normalized spacial score (nSPS) is 14.5. The second kappa shape index (κ2) is 8.76. The van der Waals surface area contributed by atoms with Crippen molar-refractivity contribution >= 4 is 33.7 Å². The third kappa shape index (κ3) is 4.05. The van der Waals surface area contributed by atoms with Gasteiger partial charge in [-0.05, 0) is 54.3 Å². The molecule has 0 radical (unpaired) electrons. The molecule has 1 aliphatic rings. The summed E-state index contributed by atoms with van der Waals surface area (Å²) in [6, 6.07) is 27.0. The van der Waals surface area contributed by atoms with E-state index >= 15 is 0 Å². The lowest BCUT2D eigenvalue weighted by atomic mass is 10.0. The fourth-order valence-corrected chi connectivity index (χ4v) is 4.96. The van der Waals surface area contributed by atoms with Gasteiger partial charge in [0.25, 0.3) is 0 Å². The van der Waals surface area contributed by atoms with Gasteiger partial charge in [-0.3, -0.25) is 4.57 Å². The number of pyridine rings is 1. The summed E-state index contributed by atoms with van der Waals surface area (Å²) in [5, 5.41) is 12.7. The van der Waals surface area contributed by atoms with Crippen molar-refractivity contribution in [2.45, 2.75) is 18.9 Å². The van der Waals surface area contributed by atoms with Gasteiger partial charge in [0.05, 0.1) is 22.2 Å². The van der Waals surface area contributed by atoms with Crippen LogP contribution in [0.2, 0.25) is 0 Å². The minimum absolute atomic E-state index is 0.000312. The summed E-state index contributed by atoms with van der Waals surface area (Å²) in [5.74, 6) is 0.822. The highest BCUT2D eigenvalue weighted by Gasteiger charge is 2.22. The fourth-order valence-electron chi connectivity index (χ4n) is 4.96. The number of anilines is 1. The zero-order valence-electron chi connectivity index (χ0n) is 19.1. The number of piperidine rings is 1. The van der Waals surface area contributed by atoms with Crippen LogP contribution in [0.15, 0.2) is 85.2 Å². The molecule has 2 aromatic heterocycles. The number of benzene rings is 3. The number of carbonyl (C=O) groups is 1. The highest BCUT2D eigenvalue weighted by atomic mass is 16.4. The number of fused-ring (bicyclic) bond motifs is 2. The monoisotopic (exact) mass is 463 g/mol. The van der Waals surface area contributed by atoms with E-state index in [1.807, 2.05) is 35.2 Å². The van der Waals surface area contributed by atoms with Crippen LogP contribution in [-0.2, 0) is 0 Å². The number of nitrogens with one attached hydrogen (secondary N) is 1. The van der Waals surface area contributed by atoms with Crippen LogP contribution in [-0.4, -0.2) is 44.9 Å². The molecule has 174 valence electrons.